The van der Waals surface area contributed by atoms with Crippen molar-refractivity contribution in [2.45, 2.75) is 46.1 Å². The van der Waals surface area contributed by atoms with Gasteiger partial charge in [0.15, 0.2) is 0 Å². The monoisotopic (exact) mass is 249 g/mol. The SMILES string of the molecule is CCCCC(=O)N1CCc2nc(C)[nH]c(=O)c2C1. The van der Waals surface area contributed by atoms with Gasteiger partial charge in [0.25, 0.3) is 5.56 Å². The molecule has 0 radical (unpaired) electrons. The number of hydrogen-bond donors (Lipinski definition) is 1. The Hall–Kier alpha value is -1.65. The maximum atomic E-state index is 11.9. The summed E-state index contributed by atoms with van der Waals surface area (Å²) in [7, 11) is 0. The predicted octanol–water partition coefficient (Wildman–Crippen LogP) is 1.15. The predicted molar refractivity (Wildman–Crippen MR) is 68.2 cm³/mol. The lowest BCUT2D eigenvalue weighted by Crippen LogP contribution is -2.39. The van der Waals surface area contributed by atoms with E-state index in [0.29, 0.717) is 37.3 Å². The Morgan fingerprint density at radius 2 is 2.28 bits per heavy atom. The van der Waals surface area contributed by atoms with E-state index in [2.05, 4.69) is 16.9 Å². The molecule has 0 saturated heterocycles. The molecule has 0 unspecified atom stereocenters. The Morgan fingerprint density at radius 3 is 3.00 bits per heavy atom. The van der Waals surface area contributed by atoms with Gasteiger partial charge in [-0.05, 0) is 13.3 Å². The van der Waals surface area contributed by atoms with E-state index in [1.807, 2.05) is 0 Å². The lowest BCUT2D eigenvalue weighted by molar-refractivity contribution is -0.132. The van der Waals surface area contributed by atoms with Crippen LogP contribution in [-0.4, -0.2) is 27.3 Å². The van der Waals surface area contributed by atoms with Gasteiger partial charge >= 0.3 is 0 Å². The van der Waals surface area contributed by atoms with Gasteiger partial charge in [-0.1, -0.05) is 13.3 Å². The van der Waals surface area contributed by atoms with Crippen molar-refractivity contribution >= 4 is 5.91 Å². The number of nitrogens with one attached hydrogen (secondary N) is 1. The fraction of sp³-hybridized carbons (Fsp3) is 0.615. The molecule has 1 aliphatic heterocycles. The number of fused-ring (bicyclic) bond motifs is 1. The summed E-state index contributed by atoms with van der Waals surface area (Å²) in [4.78, 5) is 32.6. The quantitative estimate of drug-likeness (QED) is 0.874. The first-order chi connectivity index (χ1) is 8.61. The highest BCUT2D eigenvalue weighted by Crippen LogP contribution is 2.15. The van der Waals surface area contributed by atoms with Crippen LogP contribution in [0.3, 0.4) is 0 Å². The zero-order valence-corrected chi connectivity index (χ0v) is 11.0. The van der Waals surface area contributed by atoms with Crippen LogP contribution >= 0.6 is 0 Å². The highest BCUT2D eigenvalue weighted by Gasteiger charge is 2.23. The molecule has 18 heavy (non-hydrogen) atoms. The standard InChI is InChI=1S/C13H19N3O2/c1-3-4-5-12(17)16-7-6-11-10(8-16)13(18)15-9(2)14-11/h3-8H2,1-2H3,(H,14,15,18). The molecule has 98 valence electrons. The van der Waals surface area contributed by atoms with E-state index >= 15 is 0 Å². The van der Waals surface area contributed by atoms with Gasteiger partial charge in [0.2, 0.25) is 5.91 Å². The third kappa shape index (κ3) is 2.60. The summed E-state index contributed by atoms with van der Waals surface area (Å²) in [6.07, 6.45) is 3.17. The number of unbranched alkanes of at least 4 members (excludes halogenated alkanes) is 1. The van der Waals surface area contributed by atoms with Crippen LogP contribution in [0.25, 0.3) is 0 Å². The molecule has 0 fully saturated rings. The Balaban J connectivity index is 2.15. The lowest BCUT2D eigenvalue weighted by Gasteiger charge is -2.27. The van der Waals surface area contributed by atoms with E-state index in [9.17, 15) is 9.59 Å². The molecule has 1 aromatic heterocycles. The molecule has 0 bridgehead atoms. The fourth-order valence-corrected chi connectivity index (χ4v) is 2.25. The van der Waals surface area contributed by atoms with Crippen molar-refractivity contribution < 1.29 is 4.79 Å². The molecule has 0 atom stereocenters. The smallest absolute Gasteiger partial charge is 0.256 e. The Bertz CT molecular complexity index is 507. The van der Waals surface area contributed by atoms with Crippen molar-refractivity contribution in [1.82, 2.24) is 14.9 Å². The number of rotatable bonds is 3. The Morgan fingerprint density at radius 1 is 1.50 bits per heavy atom. The van der Waals surface area contributed by atoms with Gasteiger partial charge in [0.1, 0.15) is 5.82 Å². The van der Waals surface area contributed by atoms with Gasteiger partial charge in [0, 0.05) is 19.4 Å². The molecule has 5 heteroatoms. The number of nitrogens with zero attached hydrogens (tertiary/aromatic N) is 2. The minimum absolute atomic E-state index is 0.106. The van der Waals surface area contributed by atoms with Crippen molar-refractivity contribution in [3.05, 3.63) is 27.4 Å². The number of amides is 1. The summed E-state index contributed by atoms with van der Waals surface area (Å²) in [6.45, 7) is 4.92. The summed E-state index contributed by atoms with van der Waals surface area (Å²) in [5.41, 5.74) is 1.39. The van der Waals surface area contributed by atoms with Gasteiger partial charge in [-0.25, -0.2) is 4.98 Å². The first-order valence-electron chi connectivity index (χ1n) is 6.48. The second-order valence-electron chi connectivity index (χ2n) is 4.75. The minimum atomic E-state index is -0.106. The van der Waals surface area contributed by atoms with Gasteiger partial charge in [-0.2, -0.15) is 0 Å². The lowest BCUT2D eigenvalue weighted by atomic mass is 10.1. The van der Waals surface area contributed by atoms with Crippen LogP contribution in [0.1, 0.15) is 43.3 Å². The van der Waals surface area contributed by atoms with Crippen molar-refractivity contribution in [1.29, 1.82) is 0 Å². The second kappa shape index (κ2) is 5.33. The zero-order chi connectivity index (χ0) is 13.1. The number of aromatic nitrogens is 2. The highest BCUT2D eigenvalue weighted by molar-refractivity contribution is 5.76. The molecule has 0 saturated carbocycles. The van der Waals surface area contributed by atoms with E-state index in [4.69, 9.17) is 0 Å². The van der Waals surface area contributed by atoms with Crippen molar-refractivity contribution in [2.75, 3.05) is 6.54 Å². The van der Waals surface area contributed by atoms with Crippen LogP contribution in [-0.2, 0) is 17.8 Å². The third-order valence-electron chi connectivity index (χ3n) is 3.28. The zero-order valence-electron chi connectivity index (χ0n) is 11.0. The molecule has 1 aromatic rings. The number of aromatic amines is 1. The van der Waals surface area contributed by atoms with Crippen LogP contribution in [0.4, 0.5) is 0 Å². The van der Waals surface area contributed by atoms with E-state index in [0.717, 1.165) is 18.5 Å². The molecule has 0 aromatic carbocycles. The number of aryl methyl sites for hydroxylation is 1. The average molecular weight is 249 g/mol. The van der Waals surface area contributed by atoms with Crippen LogP contribution in [0.2, 0.25) is 0 Å². The van der Waals surface area contributed by atoms with Crippen molar-refractivity contribution in [3.8, 4) is 0 Å². The summed E-state index contributed by atoms with van der Waals surface area (Å²) < 4.78 is 0. The van der Waals surface area contributed by atoms with Crippen LogP contribution in [0.5, 0.6) is 0 Å². The molecule has 2 heterocycles. The molecule has 5 nitrogen and oxygen atoms in total. The topological polar surface area (TPSA) is 66.1 Å². The molecule has 2 rings (SSSR count). The molecule has 1 N–H and O–H groups in total. The Labute approximate surface area is 106 Å². The van der Waals surface area contributed by atoms with Crippen LogP contribution in [0, 0.1) is 6.92 Å². The fourth-order valence-electron chi connectivity index (χ4n) is 2.25. The maximum Gasteiger partial charge on any atom is 0.256 e. The van der Waals surface area contributed by atoms with E-state index in [-0.39, 0.29) is 11.5 Å². The molecular formula is C13H19N3O2. The van der Waals surface area contributed by atoms with Crippen molar-refractivity contribution in [2.24, 2.45) is 0 Å². The van der Waals surface area contributed by atoms with Gasteiger partial charge in [-0.3, -0.25) is 9.59 Å². The van der Waals surface area contributed by atoms with E-state index in [1.54, 1.807) is 11.8 Å². The largest absolute Gasteiger partial charge is 0.338 e. The number of carbonyl (C=O) groups is 1. The summed E-state index contributed by atoms with van der Waals surface area (Å²) in [5.74, 6) is 0.784. The number of carbonyl (C=O) groups excluding carboxylic acids is 1. The highest BCUT2D eigenvalue weighted by atomic mass is 16.2. The number of H-pyrrole nitrogens is 1. The van der Waals surface area contributed by atoms with Gasteiger partial charge < -0.3 is 9.88 Å². The normalized spacial score (nSPS) is 14.4. The minimum Gasteiger partial charge on any atom is -0.338 e. The third-order valence-corrected chi connectivity index (χ3v) is 3.28. The number of hydrogen-bond acceptors (Lipinski definition) is 3. The van der Waals surface area contributed by atoms with Gasteiger partial charge in [0.05, 0.1) is 17.8 Å². The summed E-state index contributed by atoms with van der Waals surface area (Å²) in [5, 5.41) is 0. The molecule has 1 aliphatic rings. The van der Waals surface area contributed by atoms with E-state index in [1.165, 1.54) is 0 Å². The molecule has 0 spiro atoms. The van der Waals surface area contributed by atoms with E-state index < -0.39 is 0 Å². The van der Waals surface area contributed by atoms with Crippen molar-refractivity contribution in [3.63, 3.8) is 0 Å². The molecule has 0 aliphatic carbocycles. The summed E-state index contributed by atoms with van der Waals surface area (Å²) >= 11 is 0. The maximum absolute atomic E-state index is 11.9. The molecule has 1 amide bonds. The first-order valence-corrected chi connectivity index (χ1v) is 6.48. The first kappa shape index (κ1) is 12.8. The summed E-state index contributed by atoms with van der Waals surface area (Å²) in [6, 6.07) is 0. The Kier molecular flexibility index (Phi) is 3.79. The second-order valence-corrected chi connectivity index (χ2v) is 4.75. The van der Waals surface area contributed by atoms with Crippen LogP contribution < -0.4 is 5.56 Å². The molecular weight excluding hydrogens is 230 g/mol. The van der Waals surface area contributed by atoms with Crippen LogP contribution in [0.15, 0.2) is 4.79 Å². The van der Waals surface area contributed by atoms with Gasteiger partial charge in [-0.15, -0.1) is 0 Å². The average Bonchev–Trinajstić information content (AvgIpc) is 2.35.